The predicted octanol–water partition coefficient (Wildman–Crippen LogP) is 1.52. The third-order valence-corrected chi connectivity index (χ3v) is 5.03. The van der Waals surface area contributed by atoms with Crippen molar-refractivity contribution < 1.29 is 4.79 Å². The summed E-state index contributed by atoms with van der Waals surface area (Å²) in [6, 6.07) is 2.04. The number of aromatic nitrogens is 2. The monoisotopic (exact) mass is 288 g/mol. The number of hydrogen-bond donors (Lipinski definition) is 1. The molecule has 1 N–H and O–H groups in total. The van der Waals surface area contributed by atoms with Crippen molar-refractivity contribution in [3.63, 3.8) is 0 Å². The van der Waals surface area contributed by atoms with Gasteiger partial charge in [0, 0.05) is 25.3 Å². The lowest BCUT2D eigenvalue weighted by atomic mass is 9.97. The largest absolute Gasteiger partial charge is 0.347 e. The van der Waals surface area contributed by atoms with Crippen LogP contribution in [0.1, 0.15) is 23.3 Å². The van der Waals surface area contributed by atoms with Crippen molar-refractivity contribution in [3.8, 4) is 0 Å². The zero-order chi connectivity index (χ0) is 13.5. The molecule has 3 atom stereocenters. The fourth-order valence-corrected chi connectivity index (χ4v) is 3.94. The van der Waals surface area contributed by atoms with E-state index in [2.05, 4.69) is 20.2 Å². The molecule has 0 aromatic carbocycles. The van der Waals surface area contributed by atoms with Crippen molar-refractivity contribution in [2.24, 2.45) is 5.92 Å². The number of carbonyl (C=O) groups is 1. The zero-order valence-electron chi connectivity index (χ0n) is 11.1. The molecule has 4 heterocycles. The smallest absolute Gasteiger partial charge is 0.270 e. The third kappa shape index (κ3) is 2.19. The molecule has 2 aromatic rings. The van der Waals surface area contributed by atoms with E-state index >= 15 is 0 Å². The minimum absolute atomic E-state index is 0.0765. The molecule has 4 rings (SSSR count). The Morgan fingerprint density at radius 2 is 2.35 bits per heavy atom. The van der Waals surface area contributed by atoms with Crippen LogP contribution < -0.4 is 5.32 Å². The Labute approximate surface area is 121 Å². The van der Waals surface area contributed by atoms with Crippen LogP contribution in [-0.4, -0.2) is 46.5 Å². The second-order valence-corrected chi connectivity index (χ2v) is 6.60. The van der Waals surface area contributed by atoms with Gasteiger partial charge < -0.3 is 10.2 Å². The molecule has 2 aliphatic heterocycles. The molecule has 1 amide bonds. The van der Waals surface area contributed by atoms with Gasteiger partial charge in [-0.15, -0.1) is 11.3 Å². The number of fused-ring (bicyclic) bond motifs is 3. The number of carbonyl (C=O) groups excluding carboxylic acids is 1. The molecule has 0 spiro atoms. The SMILES string of the molecule is O=C(N[C@@H]1C[C@H]2CCN(C2)C1)c1cc2ncsc2cn1. The summed E-state index contributed by atoms with van der Waals surface area (Å²) in [6.45, 7) is 3.36. The Balaban J connectivity index is 1.49. The van der Waals surface area contributed by atoms with Crippen molar-refractivity contribution in [2.45, 2.75) is 18.9 Å². The maximum absolute atomic E-state index is 12.3. The Kier molecular flexibility index (Phi) is 2.93. The van der Waals surface area contributed by atoms with Crippen LogP contribution in [0.25, 0.3) is 10.2 Å². The summed E-state index contributed by atoms with van der Waals surface area (Å²) in [4.78, 5) is 23.2. The van der Waals surface area contributed by atoms with Gasteiger partial charge >= 0.3 is 0 Å². The quantitative estimate of drug-likeness (QED) is 0.910. The molecule has 5 nitrogen and oxygen atoms in total. The third-order valence-electron chi connectivity index (χ3n) is 4.25. The molecule has 1 unspecified atom stereocenters. The normalized spacial score (nSPS) is 28.7. The van der Waals surface area contributed by atoms with Crippen molar-refractivity contribution >= 4 is 27.5 Å². The van der Waals surface area contributed by atoms with E-state index in [4.69, 9.17) is 0 Å². The minimum Gasteiger partial charge on any atom is -0.347 e. The van der Waals surface area contributed by atoms with Gasteiger partial charge in [-0.05, 0) is 31.4 Å². The Morgan fingerprint density at radius 3 is 3.25 bits per heavy atom. The van der Waals surface area contributed by atoms with E-state index in [0.717, 1.165) is 29.1 Å². The van der Waals surface area contributed by atoms with Gasteiger partial charge in [-0.3, -0.25) is 4.79 Å². The number of rotatable bonds is 2. The Bertz CT molecular complexity index is 643. The van der Waals surface area contributed by atoms with Gasteiger partial charge in [0.05, 0.1) is 15.7 Å². The highest BCUT2D eigenvalue weighted by Gasteiger charge is 2.33. The highest BCUT2D eigenvalue weighted by Crippen LogP contribution is 2.26. The summed E-state index contributed by atoms with van der Waals surface area (Å²) in [7, 11) is 0. The van der Waals surface area contributed by atoms with Gasteiger partial charge in [0.15, 0.2) is 0 Å². The van der Waals surface area contributed by atoms with E-state index in [1.54, 1.807) is 29.1 Å². The highest BCUT2D eigenvalue weighted by atomic mass is 32.1. The standard InChI is InChI=1S/C14H16N4OS/c19-14(12-4-11-13(5-15-12)20-8-16-11)17-10-3-9-1-2-18(6-9)7-10/h4-5,8-10H,1-3,6-7H2,(H,17,19)/t9-,10-/m1/s1. The first-order chi connectivity index (χ1) is 9.78. The van der Waals surface area contributed by atoms with Crippen molar-refractivity contribution in [1.29, 1.82) is 0 Å². The molecule has 2 aromatic heterocycles. The fraction of sp³-hybridized carbons (Fsp3) is 0.500. The van der Waals surface area contributed by atoms with E-state index < -0.39 is 0 Å². The summed E-state index contributed by atoms with van der Waals surface area (Å²) in [6.07, 6.45) is 4.10. The number of nitrogens with zero attached hydrogens (tertiary/aromatic N) is 3. The van der Waals surface area contributed by atoms with Crippen LogP contribution in [0.3, 0.4) is 0 Å². The van der Waals surface area contributed by atoms with Gasteiger partial charge in [-0.25, -0.2) is 9.97 Å². The Hall–Kier alpha value is -1.53. The van der Waals surface area contributed by atoms with Crippen LogP contribution >= 0.6 is 11.3 Å². The summed E-state index contributed by atoms with van der Waals surface area (Å²) in [5, 5.41) is 3.13. The molecule has 6 heteroatoms. The van der Waals surface area contributed by atoms with Gasteiger partial charge in [-0.2, -0.15) is 0 Å². The second-order valence-electron chi connectivity index (χ2n) is 5.71. The fourth-order valence-electron chi connectivity index (χ4n) is 3.31. The number of nitrogens with one attached hydrogen (secondary N) is 1. The highest BCUT2D eigenvalue weighted by molar-refractivity contribution is 7.16. The lowest BCUT2D eigenvalue weighted by Crippen LogP contribution is -2.47. The molecule has 104 valence electrons. The van der Waals surface area contributed by atoms with Crippen LogP contribution in [-0.2, 0) is 0 Å². The van der Waals surface area contributed by atoms with Crippen LogP contribution in [0, 0.1) is 5.92 Å². The zero-order valence-corrected chi connectivity index (χ0v) is 11.9. The molecule has 20 heavy (non-hydrogen) atoms. The lowest BCUT2D eigenvalue weighted by Gasteiger charge is -2.30. The van der Waals surface area contributed by atoms with E-state index in [1.165, 1.54) is 19.5 Å². The van der Waals surface area contributed by atoms with Crippen LogP contribution in [0.4, 0.5) is 0 Å². The number of amides is 1. The average Bonchev–Trinajstić information content (AvgIpc) is 3.04. The van der Waals surface area contributed by atoms with Crippen LogP contribution in [0.2, 0.25) is 0 Å². The maximum Gasteiger partial charge on any atom is 0.270 e. The van der Waals surface area contributed by atoms with Gasteiger partial charge in [0.2, 0.25) is 0 Å². The molecule has 2 bridgehead atoms. The van der Waals surface area contributed by atoms with Crippen molar-refractivity contribution in [1.82, 2.24) is 20.2 Å². The van der Waals surface area contributed by atoms with Gasteiger partial charge in [-0.1, -0.05) is 0 Å². The molecule has 0 radical (unpaired) electrons. The molecule has 2 fully saturated rings. The first-order valence-corrected chi connectivity index (χ1v) is 7.88. The van der Waals surface area contributed by atoms with Gasteiger partial charge in [0.25, 0.3) is 5.91 Å². The Morgan fingerprint density at radius 1 is 1.40 bits per heavy atom. The predicted molar refractivity (Wildman–Crippen MR) is 77.8 cm³/mol. The average molecular weight is 288 g/mol. The number of pyridine rings is 1. The summed E-state index contributed by atoms with van der Waals surface area (Å²) in [5.41, 5.74) is 3.10. The summed E-state index contributed by atoms with van der Waals surface area (Å²) >= 11 is 1.54. The van der Waals surface area contributed by atoms with E-state index in [0.29, 0.717) is 5.69 Å². The first kappa shape index (κ1) is 12.2. The maximum atomic E-state index is 12.3. The lowest BCUT2D eigenvalue weighted by molar-refractivity contribution is 0.0904. The molecular weight excluding hydrogens is 272 g/mol. The van der Waals surface area contributed by atoms with Crippen molar-refractivity contribution in [3.05, 3.63) is 23.5 Å². The summed E-state index contributed by atoms with van der Waals surface area (Å²) in [5.74, 6) is 0.676. The van der Waals surface area contributed by atoms with Crippen molar-refractivity contribution in [2.75, 3.05) is 19.6 Å². The number of piperidine rings is 1. The van der Waals surface area contributed by atoms with Crippen LogP contribution in [0.15, 0.2) is 17.8 Å². The second kappa shape index (κ2) is 4.79. The van der Waals surface area contributed by atoms with Crippen LogP contribution in [0.5, 0.6) is 0 Å². The van der Waals surface area contributed by atoms with E-state index in [1.807, 2.05) is 0 Å². The van der Waals surface area contributed by atoms with E-state index in [9.17, 15) is 4.79 Å². The number of thiazole rings is 1. The van der Waals surface area contributed by atoms with E-state index in [-0.39, 0.29) is 11.9 Å². The molecular formula is C14H16N4OS. The summed E-state index contributed by atoms with van der Waals surface area (Å²) < 4.78 is 1.02. The molecule has 2 saturated heterocycles. The minimum atomic E-state index is -0.0765. The molecule has 0 aliphatic carbocycles. The topological polar surface area (TPSA) is 58.1 Å². The first-order valence-electron chi connectivity index (χ1n) is 7.00. The van der Waals surface area contributed by atoms with Gasteiger partial charge in [0.1, 0.15) is 5.69 Å². The molecule has 2 aliphatic rings. The number of hydrogen-bond acceptors (Lipinski definition) is 5. The molecule has 0 saturated carbocycles.